The average Bonchev–Trinajstić information content (AvgIpc) is 3.42. The van der Waals surface area contributed by atoms with Crippen LogP contribution in [-0.2, 0) is 11.2 Å². The predicted molar refractivity (Wildman–Crippen MR) is 126 cm³/mol. The number of hydrazone groups is 1. The van der Waals surface area contributed by atoms with Gasteiger partial charge in [0.25, 0.3) is 0 Å². The van der Waals surface area contributed by atoms with Crippen LogP contribution < -0.4 is 4.74 Å². The molecule has 0 radical (unpaired) electrons. The van der Waals surface area contributed by atoms with E-state index in [1.54, 1.807) is 13.8 Å². The number of pyridine rings is 1. The van der Waals surface area contributed by atoms with Gasteiger partial charge >= 0.3 is 6.03 Å². The molecule has 0 aliphatic carbocycles. The molecule has 0 unspecified atom stereocenters. The van der Waals surface area contributed by atoms with E-state index < -0.39 is 35.6 Å². The molecule has 4 heterocycles. The monoisotopic (exact) mass is 512 g/mol. The van der Waals surface area contributed by atoms with Crippen molar-refractivity contribution in [2.75, 3.05) is 13.1 Å². The zero-order chi connectivity index (χ0) is 26.3. The highest BCUT2D eigenvalue weighted by Gasteiger charge is 2.39. The standard InChI is InChI=1S/C25H23F3N6O3/c1-14-20(4-6-35)15(2)33(31-14)24-10-23(21(28)11-29-24)37-19-12-32(13-19)25(36)34-22(3-5-30-34)16-7-17(26)9-18(27)8-16/h5-11,19,22H,3-4,12-13H2,1-2H3/t22-/m0/s1. The number of rotatable bonds is 6. The predicted octanol–water partition coefficient (Wildman–Crippen LogP) is 3.66. The molecular formula is C25H23F3N6O3. The number of carbonyl (C=O) groups is 2. The van der Waals surface area contributed by atoms with Gasteiger partial charge in [-0.25, -0.2) is 32.6 Å². The first-order valence-electron chi connectivity index (χ1n) is 11.6. The quantitative estimate of drug-likeness (QED) is 0.470. The van der Waals surface area contributed by atoms with E-state index in [0.29, 0.717) is 29.2 Å². The summed E-state index contributed by atoms with van der Waals surface area (Å²) in [6.45, 7) is 3.93. The maximum Gasteiger partial charge on any atom is 0.341 e. The Hall–Kier alpha value is -4.22. The summed E-state index contributed by atoms with van der Waals surface area (Å²) >= 11 is 0. The Bertz CT molecular complexity index is 1380. The first-order valence-corrected chi connectivity index (χ1v) is 11.6. The van der Waals surface area contributed by atoms with E-state index in [-0.39, 0.29) is 25.3 Å². The number of aryl methyl sites for hydroxylation is 1. The second-order valence-electron chi connectivity index (χ2n) is 8.93. The van der Waals surface area contributed by atoms with Gasteiger partial charge in [0.1, 0.15) is 24.0 Å². The number of likely N-dealkylation sites (tertiary alicyclic amines) is 1. The molecule has 192 valence electrons. The van der Waals surface area contributed by atoms with E-state index in [9.17, 15) is 22.8 Å². The Kier molecular flexibility index (Phi) is 6.40. The Morgan fingerprint density at radius 3 is 2.57 bits per heavy atom. The van der Waals surface area contributed by atoms with Crippen molar-refractivity contribution in [2.45, 2.75) is 38.8 Å². The molecule has 12 heteroatoms. The zero-order valence-electron chi connectivity index (χ0n) is 20.1. The molecule has 1 saturated heterocycles. The van der Waals surface area contributed by atoms with E-state index in [2.05, 4.69) is 15.2 Å². The van der Waals surface area contributed by atoms with Crippen LogP contribution in [0.1, 0.15) is 35.0 Å². The number of aldehydes is 1. The smallest absolute Gasteiger partial charge is 0.341 e. The van der Waals surface area contributed by atoms with Gasteiger partial charge in [0.05, 0.1) is 31.0 Å². The minimum absolute atomic E-state index is 0.0427. The topological polar surface area (TPSA) is 92.9 Å². The summed E-state index contributed by atoms with van der Waals surface area (Å²) < 4.78 is 49.2. The zero-order valence-corrected chi connectivity index (χ0v) is 20.1. The fourth-order valence-electron chi connectivity index (χ4n) is 4.53. The molecule has 0 spiro atoms. The van der Waals surface area contributed by atoms with Crippen molar-refractivity contribution in [1.82, 2.24) is 24.7 Å². The Morgan fingerprint density at radius 2 is 1.86 bits per heavy atom. The van der Waals surface area contributed by atoms with Crippen molar-refractivity contribution >= 4 is 18.5 Å². The first-order chi connectivity index (χ1) is 17.7. The summed E-state index contributed by atoms with van der Waals surface area (Å²) in [4.78, 5) is 29.5. The highest BCUT2D eigenvalue weighted by atomic mass is 19.1. The second-order valence-corrected chi connectivity index (χ2v) is 8.93. The third-order valence-corrected chi connectivity index (χ3v) is 6.46. The maximum atomic E-state index is 14.5. The number of hydrogen-bond donors (Lipinski definition) is 0. The van der Waals surface area contributed by atoms with Crippen molar-refractivity contribution in [3.05, 3.63) is 70.4 Å². The number of benzene rings is 1. The Labute approximate surface area is 210 Å². The molecule has 2 amide bonds. The minimum atomic E-state index is -0.731. The van der Waals surface area contributed by atoms with E-state index in [1.807, 2.05) is 0 Å². The lowest BCUT2D eigenvalue weighted by molar-refractivity contribution is -0.107. The number of halogens is 3. The van der Waals surface area contributed by atoms with Crippen molar-refractivity contribution < 1.29 is 27.5 Å². The van der Waals surface area contributed by atoms with Crippen LogP contribution in [0.15, 0.2) is 35.6 Å². The lowest BCUT2D eigenvalue weighted by atomic mass is 10.0. The van der Waals surface area contributed by atoms with Gasteiger partial charge in [0, 0.05) is 42.4 Å². The largest absolute Gasteiger partial charge is 0.483 e. The van der Waals surface area contributed by atoms with Crippen LogP contribution >= 0.6 is 0 Å². The van der Waals surface area contributed by atoms with Crippen molar-refractivity contribution in [1.29, 1.82) is 0 Å². The van der Waals surface area contributed by atoms with Crippen LogP contribution in [-0.4, -0.2) is 62.4 Å². The van der Waals surface area contributed by atoms with Crippen LogP contribution in [0.2, 0.25) is 0 Å². The molecule has 0 N–H and O–H groups in total. The van der Waals surface area contributed by atoms with Crippen LogP contribution in [0.5, 0.6) is 5.75 Å². The third kappa shape index (κ3) is 4.66. The van der Waals surface area contributed by atoms with Crippen LogP contribution in [0.3, 0.4) is 0 Å². The van der Waals surface area contributed by atoms with Crippen LogP contribution in [0.4, 0.5) is 18.0 Å². The molecule has 5 rings (SSSR count). The second kappa shape index (κ2) is 9.68. The summed E-state index contributed by atoms with van der Waals surface area (Å²) in [5, 5.41) is 9.68. The van der Waals surface area contributed by atoms with E-state index in [1.165, 1.54) is 39.0 Å². The molecule has 2 aliphatic rings. The van der Waals surface area contributed by atoms with E-state index >= 15 is 0 Å². The molecule has 2 aromatic heterocycles. The highest BCUT2D eigenvalue weighted by Crippen LogP contribution is 2.32. The molecule has 3 aromatic rings. The number of carbonyl (C=O) groups excluding carboxylic acids is 2. The van der Waals surface area contributed by atoms with Gasteiger partial charge in [-0.3, -0.25) is 0 Å². The van der Waals surface area contributed by atoms with Crippen molar-refractivity contribution in [3.8, 4) is 11.6 Å². The first kappa shape index (κ1) is 24.5. The van der Waals surface area contributed by atoms with Crippen molar-refractivity contribution in [3.63, 3.8) is 0 Å². The van der Waals surface area contributed by atoms with Gasteiger partial charge in [-0.2, -0.15) is 10.2 Å². The average molecular weight is 512 g/mol. The molecular weight excluding hydrogens is 489 g/mol. The summed E-state index contributed by atoms with van der Waals surface area (Å²) in [5.41, 5.74) is 2.48. The Morgan fingerprint density at radius 1 is 1.14 bits per heavy atom. The van der Waals surface area contributed by atoms with E-state index in [4.69, 9.17) is 4.74 Å². The van der Waals surface area contributed by atoms with Crippen LogP contribution in [0, 0.1) is 31.3 Å². The SMILES string of the molecule is Cc1nn(-c2cc(OC3CN(C(=O)N4N=CC[C@H]4c4cc(F)cc(F)c4)C3)c(F)cn2)c(C)c1CC=O. The molecule has 1 aromatic carbocycles. The van der Waals surface area contributed by atoms with Gasteiger partial charge in [0.15, 0.2) is 17.4 Å². The molecule has 1 fully saturated rings. The maximum absolute atomic E-state index is 14.5. The molecule has 1 atom stereocenters. The lowest BCUT2D eigenvalue weighted by Gasteiger charge is -2.41. The summed E-state index contributed by atoms with van der Waals surface area (Å²) in [6, 6.07) is 3.49. The Balaban J connectivity index is 1.25. The number of nitrogens with zero attached hydrogens (tertiary/aromatic N) is 6. The third-order valence-electron chi connectivity index (χ3n) is 6.46. The molecule has 9 nitrogen and oxygen atoms in total. The molecule has 37 heavy (non-hydrogen) atoms. The fraction of sp³-hybridized carbons (Fsp3) is 0.320. The number of amides is 2. The van der Waals surface area contributed by atoms with E-state index in [0.717, 1.165) is 24.1 Å². The number of aromatic nitrogens is 3. The fourth-order valence-corrected chi connectivity index (χ4v) is 4.53. The van der Waals surface area contributed by atoms with Crippen LogP contribution in [0.25, 0.3) is 5.82 Å². The number of ether oxygens (including phenoxy) is 1. The number of urea groups is 1. The highest BCUT2D eigenvalue weighted by molar-refractivity contribution is 5.79. The normalized spacial score (nSPS) is 17.3. The summed E-state index contributed by atoms with van der Waals surface area (Å²) in [6.07, 6.45) is 3.41. The van der Waals surface area contributed by atoms with Crippen molar-refractivity contribution in [2.24, 2.45) is 5.10 Å². The summed E-state index contributed by atoms with van der Waals surface area (Å²) in [5.74, 6) is -1.84. The molecule has 0 bridgehead atoms. The van der Waals surface area contributed by atoms with Gasteiger partial charge in [0.2, 0.25) is 0 Å². The van der Waals surface area contributed by atoms with Gasteiger partial charge in [-0.15, -0.1) is 0 Å². The lowest BCUT2D eigenvalue weighted by Crippen LogP contribution is -2.58. The van der Waals surface area contributed by atoms with Gasteiger partial charge in [-0.05, 0) is 31.5 Å². The molecule has 0 saturated carbocycles. The molecule has 2 aliphatic heterocycles. The summed E-state index contributed by atoms with van der Waals surface area (Å²) in [7, 11) is 0. The minimum Gasteiger partial charge on any atom is -0.483 e. The number of hydrogen-bond acceptors (Lipinski definition) is 6. The van der Waals surface area contributed by atoms with Gasteiger partial charge < -0.3 is 14.4 Å². The van der Waals surface area contributed by atoms with Gasteiger partial charge in [-0.1, -0.05) is 0 Å².